The van der Waals surface area contributed by atoms with Crippen LogP contribution in [0.15, 0.2) is 158 Å². The van der Waals surface area contributed by atoms with Crippen LogP contribution in [0.2, 0.25) is 13.1 Å². The molecule has 250 valence electrons. The maximum absolute atomic E-state index is 8.14. The van der Waals surface area contributed by atoms with Gasteiger partial charge >= 0.3 is 0 Å². The van der Waals surface area contributed by atoms with Crippen LogP contribution in [0.25, 0.3) is 66.6 Å². The molecule has 0 N–H and O–H groups in total. The second-order valence-corrected chi connectivity index (χ2v) is 17.5. The summed E-state index contributed by atoms with van der Waals surface area (Å²) >= 11 is 0. The smallest absolute Gasteiger partial charge is 0.188 e. The molecule has 9 aromatic rings. The number of aryl methyl sites for hydroxylation is 1. The molecule has 0 amide bonds. The van der Waals surface area contributed by atoms with Crippen LogP contribution in [0, 0.1) is 12.1 Å². The van der Waals surface area contributed by atoms with Crippen LogP contribution in [-0.4, -0.2) is 26.8 Å². The molecule has 3 aromatic heterocycles. The maximum atomic E-state index is 8.14. The standard InChI is InChI=1S/C45H35N4Si.Pt/c1-47-31-48(43-23-12-11-22-42(43)47)34-16-13-17-35(29-34)50(2,3)36-24-25-40-39-20-9-10-21-41(39)49(44(40)30-36)45-28-33(26-27-46-45)38-19-8-7-18-37(38)32-14-5-4-6-15-32;/h4-28,31H,1-3H3;/q-1;/i1D3;. The Morgan fingerprint density at radius 1 is 0.627 bits per heavy atom. The quantitative estimate of drug-likeness (QED) is 0.121. The van der Waals surface area contributed by atoms with Crippen molar-refractivity contribution in [1.82, 2.24) is 18.7 Å². The van der Waals surface area contributed by atoms with Crippen LogP contribution in [0.3, 0.4) is 0 Å². The molecule has 6 aromatic carbocycles. The Bertz CT molecular complexity index is 2820. The SMILES string of the molecule is [2H]C([2H])([2H])n1[cH+]n(-c2[c-]c([Si](C)(C)c3[c-]c4c(cc3)c3ccccc3n4-c3cc(-c4ccccc4-c4ccccc4)ccn3)ccc2)c2ccccc21.[Pt]. The first-order valence-electron chi connectivity index (χ1n) is 18.3. The van der Waals surface area contributed by atoms with Crippen molar-refractivity contribution in [2.24, 2.45) is 6.98 Å². The number of hydrogen-bond donors (Lipinski definition) is 0. The summed E-state index contributed by atoms with van der Waals surface area (Å²) in [6.45, 7) is 2.34. The van der Waals surface area contributed by atoms with Crippen molar-refractivity contribution in [3.8, 4) is 33.8 Å². The van der Waals surface area contributed by atoms with Crippen molar-refractivity contribution in [2.75, 3.05) is 0 Å². The summed E-state index contributed by atoms with van der Waals surface area (Å²) in [4.78, 5) is 4.95. The predicted octanol–water partition coefficient (Wildman–Crippen LogP) is 9.50. The van der Waals surface area contributed by atoms with Crippen LogP contribution in [0.5, 0.6) is 0 Å². The van der Waals surface area contributed by atoms with Crippen molar-refractivity contribution in [3.05, 3.63) is 170 Å². The van der Waals surface area contributed by atoms with Gasteiger partial charge in [0.25, 0.3) is 0 Å². The van der Waals surface area contributed by atoms with Gasteiger partial charge in [-0.15, -0.1) is 17.5 Å². The number of aromatic nitrogens is 4. The second-order valence-electron chi connectivity index (χ2n) is 13.2. The Hall–Kier alpha value is -5.35. The molecule has 0 unspecified atom stereocenters. The van der Waals surface area contributed by atoms with Gasteiger partial charge in [0.1, 0.15) is 5.82 Å². The van der Waals surface area contributed by atoms with Crippen LogP contribution in [0.4, 0.5) is 0 Å². The fourth-order valence-electron chi connectivity index (χ4n) is 7.22. The van der Waals surface area contributed by atoms with Gasteiger partial charge in [0.2, 0.25) is 0 Å². The van der Waals surface area contributed by atoms with E-state index in [9.17, 15) is 0 Å². The first kappa shape index (κ1) is 29.4. The van der Waals surface area contributed by atoms with E-state index in [-0.39, 0.29) is 21.1 Å². The zero-order valence-corrected chi connectivity index (χ0v) is 31.4. The molecular formula is C45H35N4PtSi-. The van der Waals surface area contributed by atoms with E-state index < -0.39 is 15.0 Å². The molecule has 9 rings (SSSR count). The summed E-state index contributed by atoms with van der Waals surface area (Å²) in [6.07, 6.45) is 3.56. The molecule has 51 heavy (non-hydrogen) atoms. The summed E-state index contributed by atoms with van der Waals surface area (Å²) in [5.74, 6) is 0.833. The fourth-order valence-corrected chi connectivity index (χ4v) is 9.39. The van der Waals surface area contributed by atoms with Gasteiger partial charge in [-0.3, -0.25) is 0 Å². The van der Waals surface area contributed by atoms with Crippen LogP contribution >= 0.6 is 0 Å². The van der Waals surface area contributed by atoms with Crippen LogP contribution < -0.4 is 10.4 Å². The van der Waals surface area contributed by atoms with Gasteiger partial charge in [0, 0.05) is 61.7 Å². The summed E-state index contributed by atoms with van der Waals surface area (Å²) in [6, 6.07) is 57.6. The number of rotatable bonds is 6. The minimum absolute atomic E-state index is 0. The van der Waals surface area contributed by atoms with E-state index >= 15 is 0 Å². The predicted molar refractivity (Wildman–Crippen MR) is 211 cm³/mol. The van der Waals surface area contributed by atoms with Gasteiger partial charge in [0.05, 0.1) is 8.07 Å². The average molecular weight is 858 g/mol. The molecule has 0 saturated carbocycles. The van der Waals surface area contributed by atoms with Crippen molar-refractivity contribution in [3.63, 3.8) is 0 Å². The molecular weight excluding hydrogens is 820 g/mol. The number of hydrogen-bond acceptors (Lipinski definition) is 1. The molecule has 0 bridgehead atoms. The summed E-state index contributed by atoms with van der Waals surface area (Å²) in [5.41, 5.74) is 8.91. The normalized spacial score (nSPS) is 12.8. The molecule has 0 aliphatic heterocycles. The Kier molecular flexibility index (Phi) is 7.53. The maximum Gasteiger partial charge on any atom is 0.188 e. The molecule has 0 aliphatic rings. The molecule has 6 heteroatoms. The zero-order valence-electron chi connectivity index (χ0n) is 31.1. The van der Waals surface area contributed by atoms with E-state index in [1.54, 1.807) is 6.33 Å². The van der Waals surface area contributed by atoms with Gasteiger partial charge in [-0.25, -0.2) is 14.1 Å². The molecule has 4 nitrogen and oxygen atoms in total. The number of fused-ring (bicyclic) bond motifs is 4. The van der Waals surface area contributed by atoms with E-state index in [2.05, 4.69) is 133 Å². The van der Waals surface area contributed by atoms with E-state index in [4.69, 9.17) is 9.10 Å². The van der Waals surface area contributed by atoms with Gasteiger partial charge in [-0.1, -0.05) is 91.4 Å². The number of benzene rings is 6. The van der Waals surface area contributed by atoms with E-state index in [0.29, 0.717) is 5.52 Å². The van der Waals surface area contributed by atoms with Crippen molar-refractivity contribution in [2.45, 2.75) is 13.1 Å². The molecule has 0 atom stereocenters. The molecule has 0 saturated heterocycles. The van der Waals surface area contributed by atoms with E-state index in [1.165, 1.54) is 15.7 Å². The minimum Gasteiger partial charge on any atom is -0.319 e. The van der Waals surface area contributed by atoms with E-state index in [0.717, 1.165) is 60.3 Å². The zero-order chi connectivity index (χ0) is 36.3. The first-order chi connectivity index (χ1) is 25.7. The van der Waals surface area contributed by atoms with Crippen LogP contribution in [-0.2, 0) is 28.0 Å². The first-order valence-corrected chi connectivity index (χ1v) is 19.8. The van der Waals surface area contributed by atoms with Gasteiger partial charge < -0.3 is 4.57 Å². The number of nitrogens with zero attached hydrogens (tertiary/aromatic N) is 4. The third kappa shape index (κ3) is 5.58. The minimum atomic E-state index is -2.39. The van der Waals surface area contributed by atoms with Crippen molar-refractivity contribution >= 4 is 51.3 Å². The summed E-state index contributed by atoms with van der Waals surface area (Å²) < 4.78 is 29.9. The largest absolute Gasteiger partial charge is 0.319 e. The third-order valence-corrected chi connectivity index (χ3v) is 13.2. The van der Waals surface area contributed by atoms with Crippen LogP contribution in [0.1, 0.15) is 4.11 Å². The molecule has 0 aliphatic carbocycles. The topological polar surface area (TPSA) is 27.7 Å². The number of pyridine rings is 1. The number of imidazole rings is 1. The summed E-state index contributed by atoms with van der Waals surface area (Å²) in [5, 5.41) is 4.51. The Morgan fingerprint density at radius 3 is 2.12 bits per heavy atom. The molecule has 0 radical (unpaired) electrons. The molecule has 0 spiro atoms. The average Bonchev–Trinajstić information content (AvgIpc) is 3.75. The van der Waals surface area contributed by atoms with Crippen molar-refractivity contribution in [1.29, 1.82) is 0 Å². The van der Waals surface area contributed by atoms with Gasteiger partial charge in [0.15, 0.2) is 17.4 Å². The second kappa shape index (κ2) is 13.1. The Balaban J connectivity index is 0.00000413. The summed E-state index contributed by atoms with van der Waals surface area (Å²) in [7, 11) is -2.39. The van der Waals surface area contributed by atoms with Crippen molar-refractivity contribution < 1.29 is 25.2 Å². The third-order valence-electron chi connectivity index (χ3n) is 9.90. The Morgan fingerprint density at radius 2 is 1.31 bits per heavy atom. The Labute approximate surface area is 317 Å². The monoisotopic (exact) mass is 857 g/mol. The molecule has 3 heterocycles. The fraction of sp³-hybridized carbons (Fsp3) is 0.0667. The van der Waals surface area contributed by atoms with Gasteiger partial charge in [-0.2, -0.15) is 40.7 Å². The van der Waals surface area contributed by atoms with E-state index in [1.807, 2.05) is 53.2 Å². The number of para-hydroxylation sites is 3. The molecule has 0 fully saturated rings. The van der Waals surface area contributed by atoms with Gasteiger partial charge in [-0.05, 0) is 58.0 Å².